The highest BCUT2D eigenvalue weighted by Gasteiger charge is 2.43. The summed E-state index contributed by atoms with van der Waals surface area (Å²) in [4.78, 5) is 31.2. The summed E-state index contributed by atoms with van der Waals surface area (Å²) in [5.41, 5.74) is 6.10. The van der Waals surface area contributed by atoms with Crippen molar-refractivity contribution in [2.24, 2.45) is 11.8 Å². The van der Waals surface area contributed by atoms with E-state index in [-0.39, 0.29) is 29.3 Å². The molecule has 1 aliphatic heterocycles. The molecule has 154 valence electrons. The second-order valence-corrected chi connectivity index (χ2v) is 7.97. The van der Waals surface area contributed by atoms with Crippen molar-refractivity contribution in [2.45, 2.75) is 51.5 Å². The van der Waals surface area contributed by atoms with Crippen molar-refractivity contribution in [3.05, 3.63) is 15.9 Å². The lowest BCUT2D eigenvalue weighted by Crippen LogP contribution is -2.28. The predicted octanol–water partition coefficient (Wildman–Crippen LogP) is 1.83. The van der Waals surface area contributed by atoms with Crippen LogP contribution in [0.5, 0.6) is 0 Å². The fraction of sp³-hybridized carbons (Fsp3) is 0.647. The van der Waals surface area contributed by atoms with Gasteiger partial charge in [0.2, 0.25) is 5.95 Å². The zero-order chi connectivity index (χ0) is 20.4. The van der Waals surface area contributed by atoms with Gasteiger partial charge in [0.15, 0.2) is 5.65 Å². The van der Waals surface area contributed by atoms with Crippen LogP contribution >= 0.6 is 11.3 Å². The van der Waals surface area contributed by atoms with E-state index in [0.717, 1.165) is 11.3 Å². The molecule has 2 aromatic heterocycles. The highest BCUT2D eigenvalue weighted by molar-refractivity contribution is 7.16. The van der Waals surface area contributed by atoms with Gasteiger partial charge in [0, 0.05) is 5.92 Å². The molecule has 0 saturated carbocycles. The SMILES string of the molecule is CCC(O)[C@@H]1C[C@@H](C(C)CCOC(=O)O)[C@H](n2c(=O)sc3cnc(N)nc32)O1. The lowest BCUT2D eigenvalue weighted by Gasteiger charge is -2.25. The van der Waals surface area contributed by atoms with Crippen molar-refractivity contribution < 1.29 is 24.5 Å². The van der Waals surface area contributed by atoms with Crippen LogP contribution in [0.1, 0.15) is 39.3 Å². The van der Waals surface area contributed by atoms with Crippen LogP contribution < -0.4 is 10.6 Å². The first-order valence-electron chi connectivity index (χ1n) is 9.14. The Balaban J connectivity index is 1.93. The number of anilines is 1. The minimum atomic E-state index is -1.32. The maximum Gasteiger partial charge on any atom is 0.505 e. The second kappa shape index (κ2) is 8.41. The van der Waals surface area contributed by atoms with Crippen molar-refractivity contribution in [3.8, 4) is 0 Å². The summed E-state index contributed by atoms with van der Waals surface area (Å²) in [5.74, 6) is -0.0867. The summed E-state index contributed by atoms with van der Waals surface area (Å²) in [7, 11) is 0. The van der Waals surface area contributed by atoms with E-state index in [4.69, 9.17) is 15.6 Å². The summed E-state index contributed by atoms with van der Waals surface area (Å²) in [6.07, 6.45) is -0.00157. The highest BCUT2D eigenvalue weighted by atomic mass is 32.1. The topological polar surface area (TPSA) is 150 Å². The molecule has 2 unspecified atom stereocenters. The maximum atomic E-state index is 12.7. The molecule has 1 aliphatic rings. The highest BCUT2D eigenvalue weighted by Crippen LogP contribution is 2.42. The molecule has 1 saturated heterocycles. The van der Waals surface area contributed by atoms with Gasteiger partial charge in [0.05, 0.1) is 29.7 Å². The molecule has 0 aliphatic carbocycles. The normalized spacial score (nSPS) is 24.3. The summed E-state index contributed by atoms with van der Waals surface area (Å²) in [6, 6.07) is 0. The monoisotopic (exact) mass is 412 g/mol. The van der Waals surface area contributed by atoms with E-state index in [1.165, 1.54) is 10.8 Å². The Morgan fingerprint density at radius 3 is 3.00 bits per heavy atom. The molecule has 0 amide bonds. The van der Waals surface area contributed by atoms with Crippen LogP contribution in [-0.2, 0) is 9.47 Å². The first-order chi connectivity index (χ1) is 13.3. The van der Waals surface area contributed by atoms with Gasteiger partial charge in [-0.1, -0.05) is 25.2 Å². The molecule has 0 spiro atoms. The third-order valence-corrected chi connectivity index (χ3v) is 6.07. The molecular formula is C17H24N4O6S. The van der Waals surface area contributed by atoms with Crippen LogP contribution in [0.3, 0.4) is 0 Å². The molecule has 0 radical (unpaired) electrons. The number of nitrogens with zero attached hydrogens (tertiary/aromatic N) is 3. The van der Waals surface area contributed by atoms with E-state index in [2.05, 4.69) is 14.7 Å². The number of aromatic nitrogens is 3. The van der Waals surface area contributed by atoms with Gasteiger partial charge in [0.1, 0.15) is 6.23 Å². The number of nitrogen functional groups attached to an aromatic ring is 1. The lowest BCUT2D eigenvalue weighted by molar-refractivity contribution is -0.0691. The maximum absolute atomic E-state index is 12.7. The zero-order valence-corrected chi connectivity index (χ0v) is 16.5. The molecule has 3 rings (SSSR count). The standard InChI is InChI=1S/C17H24N4O6S/c1-3-10(22)11-6-9(8(2)4-5-26-17(24)25)14(27-11)21-13-12(28-16(21)23)7-19-15(18)20-13/h7-11,14,22H,3-6H2,1-2H3,(H,24,25)(H2,18,19,20)/t8?,9-,10?,11-,14+/m0/s1. The van der Waals surface area contributed by atoms with E-state index in [1.54, 1.807) is 0 Å². The van der Waals surface area contributed by atoms with Gasteiger partial charge in [-0.25, -0.2) is 9.78 Å². The lowest BCUT2D eigenvalue weighted by atomic mass is 9.86. The first kappa shape index (κ1) is 20.5. The van der Waals surface area contributed by atoms with E-state index in [9.17, 15) is 14.7 Å². The zero-order valence-electron chi connectivity index (χ0n) is 15.6. The molecule has 5 atom stereocenters. The van der Waals surface area contributed by atoms with Gasteiger partial charge in [-0.15, -0.1) is 0 Å². The average Bonchev–Trinajstić information content (AvgIpc) is 3.20. The van der Waals surface area contributed by atoms with Crippen LogP contribution in [-0.4, -0.2) is 49.7 Å². The van der Waals surface area contributed by atoms with E-state index in [0.29, 0.717) is 29.6 Å². The number of hydrogen-bond acceptors (Lipinski definition) is 9. The smallest absolute Gasteiger partial charge is 0.450 e. The van der Waals surface area contributed by atoms with Gasteiger partial charge in [-0.2, -0.15) is 4.98 Å². The number of aliphatic hydroxyl groups is 1. The largest absolute Gasteiger partial charge is 0.505 e. The van der Waals surface area contributed by atoms with Crippen molar-refractivity contribution in [1.29, 1.82) is 0 Å². The van der Waals surface area contributed by atoms with Crippen molar-refractivity contribution in [2.75, 3.05) is 12.3 Å². The van der Waals surface area contributed by atoms with Gasteiger partial charge in [0.25, 0.3) is 0 Å². The molecule has 0 bridgehead atoms. The summed E-state index contributed by atoms with van der Waals surface area (Å²) < 4.78 is 12.8. The third kappa shape index (κ3) is 4.10. The second-order valence-electron chi connectivity index (χ2n) is 6.97. The van der Waals surface area contributed by atoms with Gasteiger partial charge >= 0.3 is 11.0 Å². The third-order valence-electron chi connectivity index (χ3n) is 5.19. The molecular weight excluding hydrogens is 388 g/mol. The molecule has 1 fully saturated rings. The fourth-order valence-corrected chi connectivity index (χ4v) is 4.43. The van der Waals surface area contributed by atoms with E-state index in [1.807, 2.05) is 13.8 Å². The van der Waals surface area contributed by atoms with Gasteiger partial charge in [-0.3, -0.25) is 9.36 Å². The Morgan fingerprint density at radius 2 is 2.32 bits per heavy atom. The van der Waals surface area contributed by atoms with Crippen LogP contribution in [0.4, 0.5) is 10.7 Å². The number of ether oxygens (including phenoxy) is 2. The molecule has 10 nitrogen and oxygen atoms in total. The summed E-state index contributed by atoms with van der Waals surface area (Å²) in [5, 5.41) is 19.0. The van der Waals surface area contributed by atoms with E-state index < -0.39 is 24.6 Å². The quantitative estimate of drug-likeness (QED) is 0.579. The van der Waals surface area contributed by atoms with Crippen molar-refractivity contribution in [1.82, 2.24) is 14.5 Å². The molecule has 28 heavy (non-hydrogen) atoms. The fourth-order valence-electron chi connectivity index (χ4n) is 3.62. The summed E-state index contributed by atoms with van der Waals surface area (Å²) >= 11 is 1.01. The number of carboxylic acid groups (broad SMARTS) is 1. The molecule has 3 heterocycles. The Hall–Kier alpha value is -2.24. The minimum Gasteiger partial charge on any atom is -0.450 e. The van der Waals surface area contributed by atoms with Crippen LogP contribution in [0, 0.1) is 11.8 Å². The van der Waals surface area contributed by atoms with Crippen LogP contribution in [0.25, 0.3) is 10.3 Å². The van der Waals surface area contributed by atoms with Crippen LogP contribution in [0.15, 0.2) is 11.0 Å². The molecule has 0 aromatic carbocycles. The van der Waals surface area contributed by atoms with Crippen molar-refractivity contribution >= 4 is 33.8 Å². The first-order valence-corrected chi connectivity index (χ1v) is 9.96. The van der Waals surface area contributed by atoms with Gasteiger partial charge in [-0.05, 0) is 25.2 Å². The summed E-state index contributed by atoms with van der Waals surface area (Å²) in [6.45, 7) is 3.87. The Kier molecular flexibility index (Phi) is 6.16. The molecule has 4 N–H and O–H groups in total. The number of fused-ring (bicyclic) bond motifs is 1. The molecule has 2 aromatic rings. The van der Waals surface area contributed by atoms with Crippen LogP contribution in [0.2, 0.25) is 0 Å². The van der Waals surface area contributed by atoms with Crippen molar-refractivity contribution in [3.63, 3.8) is 0 Å². The average molecular weight is 412 g/mol. The number of nitrogens with two attached hydrogens (primary N) is 1. The Labute approximate surface area is 164 Å². The number of thiazole rings is 1. The Morgan fingerprint density at radius 1 is 1.57 bits per heavy atom. The Bertz CT molecular complexity index is 899. The molecule has 11 heteroatoms. The van der Waals surface area contributed by atoms with Gasteiger partial charge < -0.3 is 25.4 Å². The number of rotatable bonds is 7. The number of aliphatic hydroxyl groups excluding tert-OH is 1. The number of hydrogen-bond donors (Lipinski definition) is 3. The minimum absolute atomic E-state index is 0.0144. The van der Waals surface area contributed by atoms with E-state index >= 15 is 0 Å². The predicted molar refractivity (Wildman–Crippen MR) is 102 cm³/mol. The number of carbonyl (C=O) groups is 1.